The van der Waals surface area contributed by atoms with Gasteiger partial charge in [0.1, 0.15) is 11.6 Å². The topological polar surface area (TPSA) is 59.8 Å². The van der Waals surface area contributed by atoms with Gasteiger partial charge in [0.15, 0.2) is 5.82 Å². The van der Waals surface area contributed by atoms with Gasteiger partial charge in [-0.05, 0) is 72.2 Å². The molecule has 28 heavy (non-hydrogen) atoms. The van der Waals surface area contributed by atoms with E-state index in [-0.39, 0.29) is 11.6 Å². The number of anilines is 1. The number of halogens is 2. The molecule has 2 heterocycles. The lowest BCUT2D eigenvalue weighted by Crippen LogP contribution is -2.15. The maximum atomic E-state index is 14.4. The van der Waals surface area contributed by atoms with Crippen molar-refractivity contribution in [2.24, 2.45) is 0 Å². The summed E-state index contributed by atoms with van der Waals surface area (Å²) < 4.78 is 17.4. The van der Waals surface area contributed by atoms with Gasteiger partial charge in [-0.2, -0.15) is 0 Å². The van der Waals surface area contributed by atoms with Gasteiger partial charge in [-0.1, -0.05) is 18.6 Å². The summed E-state index contributed by atoms with van der Waals surface area (Å²) >= 11 is 2.14. The van der Waals surface area contributed by atoms with Gasteiger partial charge in [0.25, 0.3) is 5.91 Å². The molecule has 1 N–H and O–H groups in total. The molecule has 1 amide bonds. The lowest BCUT2D eigenvalue weighted by molar-refractivity contribution is 0.102. The number of fused-ring (bicyclic) bond motifs is 1. The van der Waals surface area contributed by atoms with Crippen LogP contribution in [0.15, 0.2) is 36.4 Å². The Hall–Kier alpha value is -2.29. The van der Waals surface area contributed by atoms with E-state index in [2.05, 4.69) is 42.7 Å². The fraction of sp³-hybridized carbons (Fsp3) is 0.286. The van der Waals surface area contributed by atoms with E-state index in [9.17, 15) is 9.18 Å². The third-order valence-electron chi connectivity index (χ3n) is 5.02. The van der Waals surface area contributed by atoms with E-state index < -0.39 is 5.82 Å². The predicted molar refractivity (Wildman–Crippen MR) is 115 cm³/mol. The molecule has 0 spiro atoms. The van der Waals surface area contributed by atoms with Crippen LogP contribution in [0.2, 0.25) is 0 Å². The third-order valence-corrected chi connectivity index (χ3v) is 6.45. The normalized spacial score (nSPS) is 13.7. The first-order chi connectivity index (χ1) is 13.5. The number of rotatable bonds is 3. The van der Waals surface area contributed by atoms with Crippen LogP contribution in [-0.4, -0.2) is 20.7 Å². The van der Waals surface area contributed by atoms with Gasteiger partial charge < -0.3 is 9.88 Å². The Bertz CT molecular complexity index is 1050. The Balaban J connectivity index is 1.66. The zero-order valence-electron chi connectivity index (χ0n) is 15.5. The number of aryl methyl sites for hydroxylation is 2. The second-order valence-corrected chi connectivity index (χ2v) is 8.07. The number of benzene rings is 2. The maximum Gasteiger partial charge on any atom is 0.256 e. The number of hydrogen-bond acceptors (Lipinski definition) is 3. The molecular weight excluding hydrogens is 470 g/mol. The van der Waals surface area contributed by atoms with Gasteiger partial charge in [0.2, 0.25) is 0 Å². The van der Waals surface area contributed by atoms with Crippen LogP contribution in [0.1, 0.15) is 41.0 Å². The van der Waals surface area contributed by atoms with E-state index >= 15 is 0 Å². The van der Waals surface area contributed by atoms with Gasteiger partial charge >= 0.3 is 0 Å². The van der Waals surface area contributed by atoms with Crippen molar-refractivity contribution in [3.8, 4) is 11.4 Å². The monoisotopic (exact) mass is 490 g/mol. The Kier molecular flexibility index (Phi) is 5.43. The summed E-state index contributed by atoms with van der Waals surface area (Å²) in [6.45, 7) is 2.80. The second kappa shape index (κ2) is 7.98. The number of hydrogen-bond donors (Lipinski definition) is 1. The molecule has 1 aliphatic heterocycles. The summed E-state index contributed by atoms with van der Waals surface area (Å²) in [6.07, 6.45) is 4.26. The first-order valence-corrected chi connectivity index (χ1v) is 10.4. The van der Waals surface area contributed by atoms with E-state index in [0.29, 0.717) is 5.56 Å². The number of amides is 1. The average molecular weight is 490 g/mol. The fourth-order valence-electron chi connectivity index (χ4n) is 3.47. The summed E-state index contributed by atoms with van der Waals surface area (Å²) in [5.74, 6) is 0.883. The summed E-state index contributed by atoms with van der Waals surface area (Å²) in [6, 6.07) is 10.2. The Morgan fingerprint density at radius 1 is 1.18 bits per heavy atom. The number of aromatic nitrogens is 3. The lowest BCUT2D eigenvalue weighted by Gasteiger charge is -2.12. The largest absolute Gasteiger partial charge is 0.319 e. The maximum absolute atomic E-state index is 14.4. The highest BCUT2D eigenvalue weighted by Crippen LogP contribution is 2.27. The minimum atomic E-state index is -0.477. The summed E-state index contributed by atoms with van der Waals surface area (Å²) in [5, 5.41) is 11.3. The predicted octanol–water partition coefficient (Wildman–Crippen LogP) is 4.98. The average Bonchev–Trinajstić information content (AvgIpc) is 2.94. The highest BCUT2D eigenvalue weighted by molar-refractivity contribution is 14.1. The molecule has 0 radical (unpaired) electrons. The first-order valence-electron chi connectivity index (χ1n) is 9.33. The molecule has 1 aliphatic rings. The van der Waals surface area contributed by atoms with Gasteiger partial charge in [0, 0.05) is 22.1 Å². The van der Waals surface area contributed by atoms with Crippen LogP contribution < -0.4 is 5.32 Å². The van der Waals surface area contributed by atoms with Crippen molar-refractivity contribution in [3.05, 3.63) is 62.7 Å². The van der Waals surface area contributed by atoms with Crippen molar-refractivity contribution < 1.29 is 9.18 Å². The van der Waals surface area contributed by atoms with Crippen LogP contribution in [0.3, 0.4) is 0 Å². The van der Waals surface area contributed by atoms with Crippen molar-refractivity contribution in [3.63, 3.8) is 0 Å². The number of nitrogens with one attached hydrogen (secondary N) is 1. The van der Waals surface area contributed by atoms with Crippen molar-refractivity contribution in [1.82, 2.24) is 14.8 Å². The molecule has 2 aromatic carbocycles. The Labute approximate surface area is 176 Å². The van der Waals surface area contributed by atoms with E-state index in [1.807, 2.05) is 19.1 Å². The summed E-state index contributed by atoms with van der Waals surface area (Å²) in [4.78, 5) is 12.7. The Morgan fingerprint density at radius 3 is 2.89 bits per heavy atom. The van der Waals surface area contributed by atoms with Crippen LogP contribution in [0, 0.1) is 16.3 Å². The van der Waals surface area contributed by atoms with Crippen LogP contribution in [-0.2, 0) is 13.0 Å². The van der Waals surface area contributed by atoms with Gasteiger partial charge in [0.05, 0.1) is 11.3 Å². The Morgan fingerprint density at radius 2 is 2.04 bits per heavy atom. The molecule has 144 valence electrons. The molecule has 7 heteroatoms. The summed E-state index contributed by atoms with van der Waals surface area (Å²) in [5.41, 5.74) is 2.43. The van der Waals surface area contributed by atoms with Crippen LogP contribution in [0.5, 0.6) is 0 Å². The minimum Gasteiger partial charge on any atom is -0.319 e. The molecule has 0 saturated heterocycles. The standard InChI is InChI=1S/C21H20FIN4O/c1-13-6-5-7-15(19(13)23)21(28)24-17-12-14(9-10-16(17)22)20-26-25-18-8-3-2-4-11-27(18)20/h5-7,9-10,12H,2-4,8,11H2,1H3,(H,24,28). The van der Waals surface area contributed by atoms with Crippen molar-refractivity contribution in [1.29, 1.82) is 0 Å². The number of nitrogens with zero attached hydrogens (tertiary/aromatic N) is 3. The zero-order chi connectivity index (χ0) is 19.7. The molecule has 0 saturated carbocycles. The van der Waals surface area contributed by atoms with Crippen LogP contribution >= 0.6 is 22.6 Å². The van der Waals surface area contributed by atoms with Crippen molar-refractivity contribution in [2.45, 2.75) is 39.2 Å². The zero-order valence-corrected chi connectivity index (χ0v) is 17.7. The third kappa shape index (κ3) is 3.67. The van der Waals surface area contributed by atoms with E-state index in [0.717, 1.165) is 52.2 Å². The highest BCUT2D eigenvalue weighted by Gasteiger charge is 2.18. The molecule has 0 bridgehead atoms. The summed E-state index contributed by atoms with van der Waals surface area (Å²) in [7, 11) is 0. The molecule has 1 aromatic heterocycles. The smallest absolute Gasteiger partial charge is 0.256 e. The van der Waals surface area contributed by atoms with Gasteiger partial charge in [-0.25, -0.2) is 4.39 Å². The van der Waals surface area contributed by atoms with E-state index in [4.69, 9.17) is 0 Å². The molecule has 0 fully saturated rings. The number of carbonyl (C=O) groups is 1. The molecular formula is C21H20FIN4O. The van der Waals surface area contributed by atoms with E-state index in [1.165, 1.54) is 12.5 Å². The highest BCUT2D eigenvalue weighted by atomic mass is 127. The molecule has 0 atom stereocenters. The van der Waals surface area contributed by atoms with E-state index in [1.54, 1.807) is 18.2 Å². The van der Waals surface area contributed by atoms with Crippen molar-refractivity contribution >= 4 is 34.2 Å². The van der Waals surface area contributed by atoms with Crippen molar-refractivity contribution in [2.75, 3.05) is 5.32 Å². The lowest BCUT2D eigenvalue weighted by atomic mass is 10.1. The first kappa shape index (κ1) is 19.0. The quantitative estimate of drug-likeness (QED) is 0.528. The molecule has 3 aromatic rings. The second-order valence-electron chi connectivity index (χ2n) is 6.99. The van der Waals surface area contributed by atoms with Crippen LogP contribution in [0.4, 0.5) is 10.1 Å². The molecule has 0 aliphatic carbocycles. The molecule has 0 unspecified atom stereocenters. The fourth-order valence-corrected chi connectivity index (χ4v) is 4.08. The number of carbonyl (C=O) groups excluding carboxylic acids is 1. The molecule has 4 rings (SSSR count). The van der Waals surface area contributed by atoms with Gasteiger partial charge in [-0.15, -0.1) is 10.2 Å². The van der Waals surface area contributed by atoms with Gasteiger partial charge in [-0.3, -0.25) is 4.79 Å². The molecule has 5 nitrogen and oxygen atoms in total. The SMILES string of the molecule is Cc1cccc(C(=O)Nc2cc(-c3nnc4n3CCCCC4)ccc2F)c1I. The minimum absolute atomic E-state index is 0.144. The van der Waals surface area contributed by atoms with Crippen LogP contribution in [0.25, 0.3) is 11.4 Å².